The van der Waals surface area contributed by atoms with Crippen LogP contribution in [-0.2, 0) is 13.6 Å². The monoisotopic (exact) mass is 370 g/mol. The number of fused-ring (bicyclic) bond motifs is 1. The summed E-state index contributed by atoms with van der Waals surface area (Å²) < 4.78 is 25.3. The Morgan fingerprint density at radius 2 is 1.69 bits per heavy atom. The van der Waals surface area contributed by atoms with E-state index in [1.54, 1.807) is 0 Å². The van der Waals surface area contributed by atoms with Crippen LogP contribution in [0.15, 0.2) is 54.7 Å². The number of aromatic nitrogens is 1. The Kier molecular flexibility index (Phi) is 4.39. The fraction of sp³-hybridized carbons (Fsp3) is 0.300. The average Bonchev–Trinajstić information content (AvgIpc) is 3.15. The lowest BCUT2D eigenvalue weighted by atomic mass is 10.1. The molecule has 6 heteroatoms. The molecule has 0 amide bonds. The van der Waals surface area contributed by atoms with E-state index in [9.17, 15) is 4.57 Å². The molecule has 0 saturated carbocycles. The molecule has 2 N–H and O–H groups in total. The highest BCUT2D eigenvalue weighted by Gasteiger charge is 2.47. The summed E-state index contributed by atoms with van der Waals surface area (Å²) in [5.74, 6) is -0.589. The van der Waals surface area contributed by atoms with Crippen molar-refractivity contribution in [2.45, 2.75) is 38.8 Å². The van der Waals surface area contributed by atoms with Crippen LogP contribution in [0.2, 0.25) is 0 Å². The van der Waals surface area contributed by atoms with Crippen molar-refractivity contribution in [3.05, 3.63) is 65.9 Å². The molecule has 136 valence electrons. The molecular weight excluding hydrogens is 347 g/mol. The summed E-state index contributed by atoms with van der Waals surface area (Å²) in [6.07, 6.45) is 1.46. The van der Waals surface area contributed by atoms with Crippen LogP contribution in [0, 0.1) is 6.92 Å². The zero-order valence-corrected chi connectivity index (χ0v) is 16.0. The maximum atomic E-state index is 13.6. The van der Waals surface area contributed by atoms with E-state index in [0.717, 1.165) is 22.2 Å². The van der Waals surface area contributed by atoms with Gasteiger partial charge < -0.3 is 19.3 Å². The number of aryl methyl sites for hydroxylation is 1. The number of anilines is 1. The molecule has 0 aliphatic carbocycles. The highest BCUT2D eigenvalue weighted by Crippen LogP contribution is 2.66. The third-order valence-corrected chi connectivity index (χ3v) is 7.17. The molecule has 0 bridgehead atoms. The Labute approximate surface area is 153 Å². The van der Waals surface area contributed by atoms with E-state index in [-0.39, 0.29) is 12.2 Å². The van der Waals surface area contributed by atoms with Crippen LogP contribution < -0.4 is 5.32 Å². The average molecular weight is 370 g/mol. The van der Waals surface area contributed by atoms with Crippen LogP contribution in [0.1, 0.15) is 30.8 Å². The minimum atomic E-state index is -3.39. The Morgan fingerprint density at radius 3 is 2.38 bits per heavy atom. The Bertz CT molecular complexity index is 953. The van der Waals surface area contributed by atoms with Crippen LogP contribution in [0.3, 0.4) is 0 Å². The molecule has 1 fully saturated rings. The summed E-state index contributed by atoms with van der Waals surface area (Å²) in [5.41, 5.74) is 3.91. The van der Waals surface area contributed by atoms with E-state index in [1.165, 1.54) is 5.56 Å². The van der Waals surface area contributed by atoms with Gasteiger partial charge in [-0.3, -0.25) is 4.57 Å². The van der Waals surface area contributed by atoms with Crippen molar-refractivity contribution in [1.29, 1.82) is 0 Å². The smallest absolute Gasteiger partial charge is 0.358 e. The molecule has 4 rings (SSSR count). The van der Waals surface area contributed by atoms with Crippen molar-refractivity contribution in [3.63, 3.8) is 0 Å². The minimum absolute atomic E-state index is 0.214. The molecule has 1 aliphatic heterocycles. The summed E-state index contributed by atoms with van der Waals surface area (Å²) in [6.45, 7) is 5.82. The molecule has 3 atom stereocenters. The highest BCUT2D eigenvalue weighted by molar-refractivity contribution is 7.54. The van der Waals surface area contributed by atoms with Crippen LogP contribution in [0.25, 0.3) is 10.9 Å². The Balaban J connectivity index is 1.79. The van der Waals surface area contributed by atoms with Crippen LogP contribution in [-0.4, -0.2) is 17.2 Å². The Hall–Kier alpha value is -2.07. The lowest BCUT2D eigenvalue weighted by Gasteiger charge is -2.24. The van der Waals surface area contributed by atoms with Crippen LogP contribution in [0.5, 0.6) is 0 Å². The van der Waals surface area contributed by atoms with Gasteiger partial charge in [0.05, 0.1) is 12.2 Å². The first-order valence-corrected chi connectivity index (χ1v) is 10.4. The molecule has 0 unspecified atom stereocenters. The first kappa shape index (κ1) is 17.3. The van der Waals surface area contributed by atoms with Crippen molar-refractivity contribution in [3.8, 4) is 0 Å². The second-order valence-electron chi connectivity index (χ2n) is 6.86. The zero-order chi connectivity index (χ0) is 18.3. The van der Waals surface area contributed by atoms with Crippen LogP contribution in [0.4, 0.5) is 5.69 Å². The van der Waals surface area contributed by atoms with Gasteiger partial charge >= 0.3 is 7.60 Å². The quantitative estimate of drug-likeness (QED) is 0.587. The Morgan fingerprint density at radius 1 is 1.04 bits per heavy atom. The molecule has 1 aromatic heterocycles. The van der Waals surface area contributed by atoms with E-state index in [1.807, 2.05) is 75.5 Å². The molecule has 3 aromatic rings. The van der Waals surface area contributed by atoms with Crippen LogP contribution >= 0.6 is 7.60 Å². The highest BCUT2D eigenvalue weighted by atomic mass is 31.2. The van der Waals surface area contributed by atoms with Gasteiger partial charge in [0.1, 0.15) is 0 Å². The first-order chi connectivity index (χ1) is 12.5. The van der Waals surface area contributed by atoms with Crippen molar-refractivity contribution < 1.29 is 13.6 Å². The lowest BCUT2D eigenvalue weighted by Crippen LogP contribution is -2.13. The fourth-order valence-corrected chi connectivity index (χ4v) is 5.66. The fourth-order valence-electron chi connectivity index (χ4n) is 3.24. The maximum Gasteiger partial charge on any atom is 0.358 e. The molecule has 2 aromatic carbocycles. The van der Waals surface area contributed by atoms with Gasteiger partial charge in [-0.05, 0) is 39.0 Å². The van der Waals surface area contributed by atoms with Gasteiger partial charge in [0, 0.05) is 28.4 Å². The predicted octanol–water partition coefficient (Wildman–Crippen LogP) is 5.60. The normalized spacial score (nSPS) is 23.2. The molecule has 0 radical (unpaired) electrons. The molecular formula is C20H23N2O3P. The standard InChI is InChI=1S/C20H23N2O3P/c1-13-8-10-16(11-9-13)22-20(26(23)24-14(2)15(3)25-26)18-12-21-19-7-5-4-6-17(18)19/h4-12,14-15,20-22H,1-3H3/t14-,15-,20+/m0/s1. The van der Waals surface area contributed by atoms with E-state index in [4.69, 9.17) is 9.05 Å². The largest absolute Gasteiger partial charge is 0.368 e. The number of aromatic amines is 1. The van der Waals surface area contributed by atoms with Gasteiger partial charge in [-0.1, -0.05) is 35.9 Å². The predicted molar refractivity (Wildman–Crippen MR) is 105 cm³/mol. The zero-order valence-electron chi connectivity index (χ0n) is 15.1. The number of rotatable bonds is 4. The van der Waals surface area contributed by atoms with Crippen molar-refractivity contribution in [2.24, 2.45) is 0 Å². The third-order valence-electron chi connectivity index (χ3n) is 4.87. The number of hydrogen-bond acceptors (Lipinski definition) is 4. The van der Waals surface area contributed by atoms with E-state index in [2.05, 4.69) is 10.3 Å². The van der Waals surface area contributed by atoms with E-state index >= 15 is 0 Å². The molecule has 1 aliphatic rings. The van der Waals surface area contributed by atoms with Crippen molar-refractivity contribution >= 4 is 24.2 Å². The second-order valence-corrected chi connectivity index (χ2v) is 8.88. The number of benzene rings is 2. The van der Waals surface area contributed by atoms with E-state index in [0.29, 0.717) is 0 Å². The minimum Gasteiger partial charge on any atom is -0.368 e. The number of nitrogens with one attached hydrogen (secondary N) is 2. The van der Waals surface area contributed by atoms with Gasteiger partial charge in [0.25, 0.3) is 0 Å². The van der Waals surface area contributed by atoms with Crippen molar-refractivity contribution in [2.75, 3.05) is 5.32 Å². The van der Waals surface area contributed by atoms with Gasteiger partial charge in [0.2, 0.25) is 0 Å². The van der Waals surface area contributed by atoms with Gasteiger partial charge in [-0.25, -0.2) is 0 Å². The summed E-state index contributed by atoms with van der Waals surface area (Å²) in [5, 5.41) is 4.40. The molecule has 2 heterocycles. The second kappa shape index (κ2) is 6.58. The van der Waals surface area contributed by atoms with Gasteiger partial charge in [-0.15, -0.1) is 0 Å². The lowest BCUT2D eigenvalue weighted by molar-refractivity contribution is 0.187. The summed E-state index contributed by atoms with van der Waals surface area (Å²) in [7, 11) is -3.39. The SMILES string of the molecule is Cc1ccc(N[C@@H](c2c[nH]c3ccccc23)P2(=O)O[C@@H](C)[C@H](C)O2)cc1. The van der Waals surface area contributed by atoms with Gasteiger partial charge in [-0.2, -0.15) is 0 Å². The van der Waals surface area contributed by atoms with E-state index < -0.39 is 13.4 Å². The summed E-state index contributed by atoms with van der Waals surface area (Å²) in [6, 6.07) is 16.0. The third kappa shape index (κ3) is 3.07. The summed E-state index contributed by atoms with van der Waals surface area (Å²) in [4.78, 5) is 3.25. The topological polar surface area (TPSA) is 63.4 Å². The summed E-state index contributed by atoms with van der Waals surface area (Å²) >= 11 is 0. The number of para-hydroxylation sites is 1. The molecule has 0 spiro atoms. The first-order valence-electron chi connectivity index (χ1n) is 8.82. The van der Waals surface area contributed by atoms with Crippen molar-refractivity contribution in [1.82, 2.24) is 4.98 Å². The number of H-pyrrole nitrogens is 1. The van der Waals surface area contributed by atoms with Gasteiger partial charge in [0.15, 0.2) is 5.78 Å². The molecule has 1 saturated heterocycles. The molecule has 26 heavy (non-hydrogen) atoms. The number of hydrogen-bond donors (Lipinski definition) is 2. The molecule has 5 nitrogen and oxygen atoms in total. The maximum absolute atomic E-state index is 13.6.